The van der Waals surface area contributed by atoms with Gasteiger partial charge in [0, 0.05) is 12.6 Å². The fraction of sp³-hybridized carbons (Fsp3) is 0.429. The van der Waals surface area contributed by atoms with E-state index in [1.54, 1.807) is 6.92 Å². The number of carbonyl (C=O) groups is 2. The van der Waals surface area contributed by atoms with Gasteiger partial charge in [-0.3, -0.25) is 9.59 Å². The first-order valence-corrected chi connectivity index (χ1v) is 6.33. The summed E-state index contributed by atoms with van der Waals surface area (Å²) in [5.74, 6) is -3.14. The Morgan fingerprint density at radius 1 is 1.35 bits per heavy atom. The van der Waals surface area contributed by atoms with Crippen LogP contribution in [-0.2, 0) is 16.0 Å². The van der Waals surface area contributed by atoms with Crippen LogP contribution >= 0.6 is 0 Å². The van der Waals surface area contributed by atoms with Crippen molar-refractivity contribution in [2.45, 2.75) is 26.2 Å². The number of halogens is 2. The average molecular weight is 285 g/mol. The average Bonchev–Trinajstić information content (AvgIpc) is 2.37. The smallest absolute Gasteiger partial charge is 0.306 e. The molecule has 6 heteroatoms. The predicted molar refractivity (Wildman–Crippen MR) is 69.1 cm³/mol. The Morgan fingerprint density at radius 2 is 2.05 bits per heavy atom. The minimum Gasteiger partial charge on any atom is -0.481 e. The Bertz CT molecular complexity index is 491. The van der Waals surface area contributed by atoms with Crippen LogP contribution in [0.4, 0.5) is 8.78 Å². The molecule has 20 heavy (non-hydrogen) atoms. The topological polar surface area (TPSA) is 66.4 Å². The van der Waals surface area contributed by atoms with E-state index in [2.05, 4.69) is 5.32 Å². The van der Waals surface area contributed by atoms with Crippen LogP contribution in [0.5, 0.6) is 0 Å². The second-order valence-corrected chi connectivity index (χ2v) is 4.64. The van der Waals surface area contributed by atoms with E-state index in [0.29, 0.717) is 19.4 Å². The van der Waals surface area contributed by atoms with Gasteiger partial charge in [0.1, 0.15) is 11.6 Å². The summed E-state index contributed by atoms with van der Waals surface area (Å²) in [4.78, 5) is 22.1. The molecule has 0 radical (unpaired) electrons. The van der Waals surface area contributed by atoms with Crippen molar-refractivity contribution < 1.29 is 23.5 Å². The number of nitrogens with one attached hydrogen (secondary N) is 1. The summed E-state index contributed by atoms with van der Waals surface area (Å²) < 4.78 is 26.0. The number of carboxylic acids is 1. The van der Waals surface area contributed by atoms with Gasteiger partial charge in [-0.2, -0.15) is 0 Å². The van der Waals surface area contributed by atoms with E-state index in [9.17, 15) is 18.4 Å². The van der Waals surface area contributed by atoms with Crippen LogP contribution in [-0.4, -0.2) is 23.5 Å². The van der Waals surface area contributed by atoms with Crippen molar-refractivity contribution in [3.05, 3.63) is 35.4 Å². The first-order chi connectivity index (χ1) is 9.40. The lowest BCUT2D eigenvalue weighted by molar-refractivity contribution is -0.141. The van der Waals surface area contributed by atoms with E-state index in [0.717, 1.165) is 12.1 Å². The maximum absolute atomic E-state index is 13.3. The monoisotopic (exact) mass is 285 g/mol. The molecule has 110 valence electrons. The highest BCUT2D eigenvalue weighted by Crippen LogP contribution is 2.10. The lowest BCUT2D eigenvalue weighted by atomic mass is 10.1. The maximum Gasteiger partial charge on any atom is 0.306 e. The normalized spacial score (nSPS) is 11.9. The fourth-order valence-electron chi connectivity index (χ4n) is 1.66. The number of hydrogen-bond donors (Lipinski definition) is 2. The van der Waals surface area contributed by atoms with E-state index in [1.165, 1.54) is 6.07 Å². The standard InChI is InChI=1S/C14H17F2NO3/c1-9(14(19)20)3-2-6-17-13(18)7-10-4-5-11(15)8-12(10)16/h4-5,8-9H,2-3,6-7H2,1H3,(H,17,18)(H,19,20). The Labute approximate surface area is 115 Å². The molecule has 0 spiro atoms. The van der Waals surface area contributed by atoms with Gasteiger partial charge < -0.3 is 10.4 Å². The minimum atomic E-state index is -0.871. The van der Waals surface area contributed by atoms with Crippen molar-refractivity contribution in [1.29, 1.82) is 0 Å². The third-order valence-electron chi connectivity index (χ3n) is 2.92. The number of hydrogen-bond acceptors (Lipinski definition) is 2. The molecule has 1 aromatic carbocycles. The van der Waals surface area contributed by atoms with Crippen molar-refractivity contribution in [3.63, 3.8) is 0 Å². The largest absolute Gasteiger partial charge is 0.481 e. The molecule has 4 nitrogen and oxygen atoms in total. The molecule has 1 atom stereocenters. The van der Waals surface area contributed by atoms with Crippen molar-refractivity contribution in [2.75, 3.05) is 6.54 Å². The Kier molecular flexibility index (Phi) is 6.09. The molecule has 2 N–H and O–H groups in total. The zero-order chi connectivity index (χ0) is 15.1. The van der Waals surface area contributed by atoms with E-state index >= 15 is 0 Å². The molecule has 0 saturated heterocycles. The lowest BCUT2D eigenvalue weighted by Crippen LogP contribution is -2.27. The molecule has 0 bridgehead atoms. The molecular weight excluding hydrogens is 268 g/mol. The molecule has 1 aromatic rings. The first-order valence-electron chi connectivity index (χ1n) is 6.33. The minimum absolute atomic E-state index is 0.128. The fourth-order valence-corrected chi connectivity index (χ4v) is 1.66. The highest BCUT2D eigenvalue weighted by Gasteiger charge is 2.11. The molecule has 1 unspecified atom stereocenters. The van der Waals surface area contributed by atoms with Gasteiger partial charge >= 0.3 is 5.97 Å². The molecule has 0 saturated carbocycles. The summed E-state index contributed by atoms with van der Waals surface area (Å²) in [6.07, 6.45) is 0.826. The maximum atomic E-state index is 13.3. The van der Waals surface area contributed by atoms with Crippen molar-refractivity contribution in [1.82, 2.24) is 5.32 Å². The molecule has 0 aliphatic rings. The number of benzene rings is 1. The van der Waals surface area contributed by atoms with Crippen molar-refractivity contribution in [2.24, 2.45) is 5.92 Å². The second kappa shape index (κ2) is 7.57. The summed E-state index contributed by atoms with van der Waals surface area (Å²) in [5.41, 5.74) is 0.128. The van der Waals surface area contributed by atoms with Crippen LogP contribution < -0.4 is 5.32 Å². The zero-order valence-corrected chi connectivity index (χ0v) is 11.2. The van der Waals surface area contributed by atoms with Gasteiger partial charge in [0.05, 0.1) is 12.3 Å². The van der Waals surface area contributed by atoms with Crippen LogP contribution in [0.2, 0.25) is 0 Å². The van der Waals surface area contributed by atoms with Gasteiger partial charge in [-0.25, -0.2) is 8.78 Å². The Hall–Kier alpha value is -1.98. The van der Waals surface area contributed by atoms with E-state index < -0.39 is 23.5 Å². The first kappa shape index (κ1) is 16.1. The van der Waals surface area contributed by atoms with Crippen LogP contribution in [0.15, 0.2) is 18.2 Å². The highest BCUT2D eigenvalue weighted by atomic mass is 19.1. The third kappa shape index (κ3) is 5.34. The van der Waals surface area contributed by atoms with Gasteiger partial charge in [-0.05, 0) is 24.5 Å². The number of carbonyl (C=O) groups excluding carboxylic acids is 1. The third-order valence-corrected chi connectivity index (χ3v) is 2.92. The molecule has 0 aliphatic carbocycles. The van der Waals surface area contributed by atoms with Gasteiger partial charge in [0.2, 0.25) is 5.91 Å². The summed E-state index contributed by atoms with van der Waals surface area (Å²) in [7, 11) is 0. The molecule has 0 aromatic heterocycles. The van der Waals surface area contributed by atoms with E-state index in [4.69, 9.17) is 5.11 Å². The van der Waals surface area contributed by atoms with Crippen LogP contribution in [0.1, 0.15) is 25.3 Å². The molecular formula is C14H17F2NO3. The summed E-state index contributed by atoms with van der Waals surface area (Å²) in [6.45, 7) is 1.93. The Morgan fingerprint density at radius 3 is 2.65 bits per heavy atom. The van der Waals surface area contributed by atoms with Crippen LogP contribution in [0.3, 0.4) is 0 Å². The second-order valence-electron chi connectivity index (χ2n) is 4.64. The SMILES string of the molecule is CC(CCCNC(=O)Cc1ccc(F)cc1F)C(=O)O. The quantitative estimate of drug-likeness (QED) is 0.754. The summed E-state index contributed by atoms with van der Waals surface area (Å²) in [5, 5.41) is 11.3. The van der Waals surface area contributed by atoms with E-state index in [1.807, 2.05) is 0 Å². The van der Waals surface area contributed by atoms with Gasteiger partial charge in [-0.15, -0.1) is 0 Å². The van der Waals surface area contributed by atoms with Crippen LogP contribution in [0.25, 0.3) is 0 Å². The summed E-state index contributed by atoms with van der Waals surface area (Å²) >= 11 is 0. The number of amides is 1. The molecule has 0 fully saturated rings. The van der Waals surface area contributed by atoms with Crippen molar-refractivity contribution in [3.8, 4) is 0 Å². The van der Waals surface area contributed by atoms with Gasteiger partial charge in [-0.1, -0.05) is 13.0 Å². The van der Waals surface area contributed by atoms with Gasteiger partial charge in [0.15, 0.2) is 0 Å². The molecule has 1 amide bonds. The molecule has 0 heterocycles. The summed E-state index contributed by atoms with van der Waals surface area (Å²) in [6, 6.07) is 3.06. The highest BCUT2D eigenvalue weighted by molar-refractivity contribution is 5.78. The number of aliphatic carboxylic acids is 1. The van der Waals surface area contributed by atoms with Gasteiger partial charge in [0.25, 0.3) is 0 Å². The number of carboxylic acid groups (broad SMARTS) is 1. The Balaban J connectivity index is 2.32. The predicted octanol–water partition coefficient (Wildman–Crippen LogP) is 2.12. The van der Waals surface area contributed by atoms with E-state index in [-0.39, 0.29) is 17.9 Å². The van der Waals surface area contributed by atoms with Crippen LogP contribution in [0, 0.1) is 17.6 Å². The molecule has 1 rings (SSSR count). The van der Waals surface area contributed by atoms with Crippen molar-refractivity contribution >= 4 is 11.9 Å². The molecule has 0 aliphatic heterocycles. The zero-order valence-electron chi connectivity index (χ0n) is 11.2. The lowest BCUT2D eigenvalue weighted by Gasteiger charge is -2.08. The number of rotatable bonds is 7.